The molecular formula is C11H9N3O2S. The Balaban J connectivity index is 2.21. The molecule has 0 fully saturated rings. The Morgan fingerprint density at radius 3 is 2.88 bits per heavy atom. The van der Waals surface area contributed by atoms with E-state index in [1.54, 1.807) is 23.7 Å². The van der Waals surface area contributed by atoms with Crippen LogP contribution in [0, 0.1) is 0 Å². The van der Waals surface area contributed by atoms with Gasteiger partial charge in [0.2, 0.25) is 11.7 Å². The number of carbonyl (C=O) groups excluding carboxylic acids is 2. The van der Waals surface area contributed by atoms with E-state index in [0.717, 1.165) is 0 Å². The minimum absolute atomic E-state index is 0.203. The molecule has 0 aromatic carbocycles. The molecule has 2 aromatic heterocycles. The van der Waals surface area contributed by atoms with Crippen molar-refractivity contribution in [3.8, 4) is 0 Å². The van der Waals surface area contributed by atoms with Crippen molar-refractivity contribution in [2.45, 2.75) is 6.92 Å². The molecule has 0 aliphatic carbocycles. The van der Waals surface area contributed by atoms with E-state index in [1.807, 2.05) is 0 Å². The van der Waals surface area contributed by atoms with Crippen LogP contribution < -0.4 is 5.32 Å². The maximum absolute atomic E-state index is 11.9. The first-order chi connectivity index (χ1) is 8.16. The van der Waals surface area contributed by atoms with E-state index in [-0.39, 0.29) is 11.7 Å². The van der Waals surface area contributed by atoms with Crippen molar-refractivity contribution in [1.29, 1.82) is 0 Å². The number of hydrogen-bond donors (Lipinski definition) is 1. The summed E-state index contributed by atoms with van der Waals surface area (Å²) in [4.78, 5) is 30.7. The van der Waals surface area contributed by atoms with Gasteiger partial charge in [0.25, 0.3) is 0 Å². The van der Waals surface area contributed by atoms with Gasteiger partial charge in [0.05, 0.1) is 0 Å². The van der Waals surface area contributed by atoms with E-state index in [4.69, 9.17) is 0 Å². The maximum atomic E-state index is 11.9. The number of aromatic nitrogens is 2. The zero-order chi connectivity index (χ0) is 12.3. The number of amides is 1. The molecule has 0 aliphatic heterocycles. The molecule has 0 bridgehead atoms. The Morgan fingerprint density at radius 1 is 1.41 bits per heavy atom. The number of hydrogen-bond acceptors (Lipinski definition) is 5. The lowest BCUT2D eigenvalue weighted by Gasteiger charge is -1.96. The number of carbonyl (C=O) groups is 2. The fraction of sp³-hybridized carbons (Fsp3) is 0.0909. The van der Waals surface area contributed by atoms with Gasteiger partial charge in [-0.15, -0.1) is 11.3 Å². The van der Waals surface area contributed by atoms with Crippen LogP contribution in [0.1, 0.15) is 23.0 Å². The van der Waals surface area contributed by atoms with Gasteiger partial charge in [-0.1, -0.05) is 0 Å². The molecule has 2 aromatic rings. The van der Waals surface area contributed by atoms with Crippen LogP contribution in [0.3, 0.4) is 0 Å². The third-order valence-electron chi connectivity index (χ3n) is 1.94. The Bertz CT molecular complexity index is 551. The lowest BCUT2D eigenvalue weighted by Crippen LogP contribution is -2.07. The fourth-order valence-corrected chi connectivity index (χ4v) is 1.97. The normalized spacial score (nSPS) is 9.94. The average Bonchev–Trinajstić information content (AvgIpc) is 2.77. The highest BCUT2D eigenvalue weighted by atomic mass is 32.1. The van der Waals surface area contributed by atoms with Crippen molar-refractivity contribution in [2.75, 3.05) is 5.32 Å². The van der Waals surface area contributed by atoms with Crippen LogP contribution in [0.2, 0.25) is 0 Å². The first-order valence-electron chi connectivity index (χ1n) is 4.84. The molecule has 0 aliphatic rings. The van der Waals surface area contributed by atoms with E-state index in [2.05, 4.69) is 15.3 Å². The Kier molecular flexibility index (Phi) is 3.24. The SMILES string of the molecule is CC(=O)Nc1nc(C(=O)c2cccnc2)cs1. The van der Waals surface area contributed by atoms with Crippen molar-refractivity contribution < 1.29 is 9.59 Å². The summed E-state index contributed by atoms with van der Waals surface area (Å²) in [6, 6.07) is 3.36. The van der Waals surface area contributed by atoms with E-state index in [9.17, 15) is 9.59 Å². The first kappa shape index (κ1) is 11.4. The minimum atomic E-state index is -0.209. The first-order valence-corrected chi connectivity index (χ1v) is 5.72. The molecule has 0 radical (unpaired) electrons. The number of pyridine rings is 1. The predicted molar refractivity (Wildman–Crippen MR) is 64.1 cm³/mol. The quantitative estimate of drug-likeness (QED) is 0.838. The minimum Gasteiger partial charge on any atom is -0.302 e. The number of ketones is 1. The van der Waals surface area contributed by atoms with Crippen molar-refractivity contribution in [2.24, 2.45) is 0 Å². The zero-order valence-electron chi connectivity index (χ0n) is 9.01. The van der Waals surface area contributed by atoms with Crippen LogP contribution in [0.4, 0.5) is 5.13 Å². The van der Waals surface area contributed by atoms with Crippen LogP contribution in [0.5, 0.6) is 0 Å². The van der Waals surface area contributed by atoms with Gasteiger partial charge in [0.15, 0.2) is 5.13 Å². The largest absolute Gasteiger partial charge is 0.302 e. The van der Waals surface area contributed by atoms with Gasteiger partial charge in [-0.3, -0.25) is 14.6 Å². The molecule has 0 atom stereocenters. The number of nitrogens with one attached hydrogen (secondary N) is 1. The van der Waals surface area contributed by atoms with Gasteiger partial charge in [0, 0.05) is 30.3 Å². The Morgan fingerprint density at radius 2 is 2.24 bits per heavy atom. The number of anilines is 1. The summed E-state index contributed by atoms with van der Waals surface area (Å²) in [6.07, 6.45) is 3.08. The monoisotopic (exact) mass is 247 g/mol. The lowest BCUT2D eigenvalue weighted by molar-refractivity contribution is -0.114. The van der Waals surface area contributed by atoms with Gasteiger partial charge >= 0.3 is 0 Å². The molecule has 1 N–H and O–H groups in total. The topological polar surface area (TPSA) is 72.0 Å². The second-order valence-corrected chi connectivity index (χ2v) is 4.15. The van der Waals surface area contributed by atoms with Crippen LogP contribution in [-0.2, 0) is 4.79 Å². The number of rotatable bonds is 3. The number of nitrogens with zero attached hydrogens (tertiary/aromatic N) is 2. The highest BCUT2D eigenvalue weighted by molar-refractivity contribution is 7.14. The van der Waals surface area contributed by atoms with E-state index in [1.165, 1.54) is 24.5 Å². The van der Waals surface area contributed by atoms with Gasteiger partial charge in [-0.25, -0.2) is 4.98 Å². The van der Waals surface area contributed by atoms with Gasteiger partial charge in [-0.2, -0.15) is 0 Å². The summed E-state index contributed by atoms with van der Waals surface area (Å²) in [5.41, 5.74) is 0.791. The van der Waals surface area contributed by atoms with E-state index >= 15 is 0 Å². The molecule has 0 saturated heterocycles. The summed E-state index contributed by atoms with van der Waals surface area (Å²) in [6.45, 7) is 1.39. The molecule has 2 heterocycles. The highest BCUT2D eigenvalue weighted by Crippen LogP contribution is 2.17. The van der Waals surface area contributed by atoms with Crippen LogP contribution in [0.15, 0.2) is 29.9 Å². The molecule has 17 heavy (non-hydrogen) atoms. The average molecular weight is 247 g/mol. The van der Waals surface area contributed by atoms with Crippen LogP contribution >= 0.6 is 11.3 Å². The van der Waals surface area contributed by atoms with Crippen molar-refractivity contribution in [3.63, 3.8) is 0 Å². The van der Waals surface area contributed by atoms with Crippen LogP contribution in [0.25, 0.3) is 0 Å². The van der Waals surface area contributed by atoms with Gasteiger partial charge in [0.1, 0.15) is 5.69 Å². The molecule has 1 amide bonds. The number of thiazole rings is 1. The zero-order valence-corrected chi connectivity index (χ0v) is 9.82. The molecule has 2 rings (SSSR count). The molecule has 0 saturated carbocycles. The van der Waals surface area contributed by atoms with Crippen molar-refractivity contribution in [1.82, 2.24) is 9.97 Å². The van der Waals surface area contributed by atoms with E-state index in [0.29, 0.717) is 16.4 Å². The molecule has 0 spiro atoms. The van der Waals surface area contributed by atoms with Gasteiger partial charge in [-0.05, 0) is 12.1 Å². The molecule has 5 nitrogen and oxygen atoms in total. The maximum Gasteiger partial charge on any atom is 0.223 e. The molecule has 0 unspecified atom stereocenters. The predicted octanol–water partition coefficient (Wildman–Crippen LogP) is 1.73. The third-order valence-corrected chi connectivity index (χ3v) is 2.70. The summed E-state index contributed by atoms with van der Waals surface area (Å²) in [5, 5.41) is 4.56. The summed E-state index contributed by atoms with van der Waals surface area (Å²) in [7, 11) is 0. The smallest absolute Gasteiger partial charge is 0.223 e. The highest BCUT2D eigenvalue weighted by Gasteiger charge is 2.13. The second kappa shape index (κ2) is 4.84. The van der Waals surface area contributed by atoms with E-state index < -0.39 is 0 Å². The summed E-state index contributed by atoms with van der Waals surface area (Å²) >= 11 is 1.22. The Hall–Kier alpha value is -2.08. The standard InChI is InChI=1S/C11H9N3O2S/c1-7(15)13-11-14-9(6-17-11)10(16)8-3-2-4-12-5-8/h2-6H,1H3,(H,13,14,15). The molecule has 86 valence electrons. The second-order valence-electron chi connectivity index (χ2n) is 3.29. The van der Waals surface area contributed by atoms with Crippen molar-refractivity contribution >= 4 is 28.2 Å². The fourth-order valence-electron chi connectivity index (χ4n) is 1.23. The molecule has 6 heteroatoms. The summed E-state index contributed by atoms with van der Waals surface area (Å²) in [5.74, 6) is -0.411. The van der Waals surface area contributed by atoms with Crippen molar-refractivity contribution in [3.05, 3.63) is 41.2 Å². The van der Waals surface area contributed by atoms with Crippen LogP contribution in [-0.4, -0.2) is 21.7 Å². The summed E-state index contributed by atoms with van der Waals surface area (Å²) < 4.78 is 0. The lowest BCUT2D eigenvalue weighted by atomic mass is 10.1. The van der Waals surface area contributed by atoms with Gasteiger partial charge < -0.3 is 5.32 Å². The molecular weight excluding hydrogens is 238 g/mol. The Labute approximate surface area is 102 Å². The third kappa shape index (κ3) is 2.73.